The van der Waals surface area contributed by atoms with E-state index in [1.165, 1.54) is 88.2 Å². The summed E-state index contributed by atoms with van der Waals surface area (Å²) in [5.41, 5.74) is 3.58. The molecule has 0 heterocycles. The van der Waals surface area contributed by atoms with Crippen molar-refractivity contribution in [1.29, 1.82) is 0 Å². The number of unbranched alkanes of at least 4 members (excludes halogenated alkanes) is 8. The molecule has 0 bridgehead atoms. The fourth-order valence-electron chi connectivity index (χ4n) is 4.30. The van der Waals surface area contributed by atoms with E-state index in [1.54, 1.807) is 6.07 Å². The summed E-state index contributed by atoms with van der Waals surface area (Å²) < 4.78 is 0. The normalized spacial score (nSPS) is 12.2. The molecule has 1 unspecified atom stereocenters. The van der Waals surface area contributed by atoms with Crippen molar-refractivity contribution in [3.63, 3.8) is 0 Å². The third-order valence-electron chi connectivity index (χ3n) is 5.89. The highest BCUT2D eigenvalue weighted by Gasteiger charge is 2.16. The molecule has 0 amide bonds. The van der Waals surface area contributed by atoms with Gasteiger partial charge in [-0.15, -0.1) is 0 Å². The van der Waals surface area contributed by atoms with Gasteiger partial charge in [0.2, 0.25) is 0 Å². The third-order valence-corrected chi connectivity index (χ3v) is 5.89. The number of aromatic hydroxyl groups is 1. The van der Waals surface area contributed by atoms with Gasteiger partial charge in [0.15, 0.2) is 0 Å². The predicted octanol–water partition coefficient (Wildman–Crippen LogP) is 8.86. The monoisotopic (exact) mass is 380 g/mol. The number of hydrogen-bond acceptors (Lipinski definition) is 1. The molecule has 0 saturated carbocycles. The Morgan fingerprint density at radius 3 is 1.82 bits per heavy atom. The molecule has 0 fully saturated rings. The molecule has 0 radical (unpaired) electrons. The molecule has 0 aliphatic carbocycles. The van der Waals surface area contributed by atoms with Crippen LogP contribution in [0.4, 0.5) is 0 Å². The lowest BCUT2D eigenvalue weighted by Crippen LogP contribution is -2.01. The van der Waals surface area contributed by atoms with Crippen molar-refractivity contribution in [3.05, 3.63) is 54.1 Å². The Kier molecular flexibility index (Phi) is 10.8. The fourth-order valence-corrected chi connectivity index (χ4v) is 4.30. The van der Waals surface area contributed by atoms with E-state index in [-0.39, 0.29) is 0 Å². The molecule has 1 atom stereocenters. The minimum Gasteiger partial charge on any atom is -0.507 e. The molecule has 2 rings (SSSR count). The first kappa shape index (κ1) is 22.5. The maximum absolute atomic E-state index is 10.4. The van der Waals surface area contributed by atoms with Crippen molar-refractivity contribution in [1.82, 2.24) is 0 Å². The smallest absolute Gasteiger partial charge is 0.123 e. The molecule has 0 spiro atoms. The molecule has 0 saturated heterocycles. The van der Waals surface area contributed by atoms with Crippen LogP contribution in [0.25, 0.3) is 11.1 Å². The van der Waals surface area contributed by atoms with Crippen LogP contribution >= 0.6 is 0 Å². The average Bonchev–Trinajstić information content (AvgIpc) is 2.72. The number of para-hydroxylation sites is 1. The van der Waals surface area contributed by atoms with Crippen LogP contribution in [0.15, 0.2) is 48.5 Å². The number of phenols is 1. The van der Waals surface area contributed by atoms with E-state index in [4.69, 9.17) is 0 Å². The van der Waals surface area contributed by atoms with E-state index < -0.39 is 0 Å². The van der Waals surface area contributed by atoms with Gasteiger partial charge in [-0.1, -0.05) is 121 Å². The summed E-state index contributed by atoms with van der Waals surface area (Å²) in [6.07, 6.45) is 16.1. The second kappa shape index (κ2) is 13.4. The van der Waals surface area contributed by atoms with Crippen LogP contribution in [0.5, 0.6) is 5.75 Å². The number of phenolic OH excluding ortho intramolecular Hbond substituents is 1. The molecule has 0 aliphatic heterocycles. The quantitative estimate of drug-likeness (QED) is 0.324. The first-order valence-electron chi connectivity index (χ1n) is 11.6. The molecule has 28 heavy (non-hydrogen) atoms. The van der Waals surface area contributed by atoms with Gasteiger partial charge in [0.05, 0.1) is 0 Å². The van der Waals surface area contributed by atoms with Gasteiger partial charge < -0.3 is 5.11 Å². The van der Waals surface area contributed by atoms with E-state index >= 15 is 0 Å². The van der Waals surface area contributed by atoms with Crippen LogP contribution in [-0.4, -0.2) is 5.11 Å². The van der Waals surface area contributed by atoms with Gasteiger partial charge in [-0.25, -0.2) is 0 Å². The molecular weight excluding hydrogens is 340 g/mol. The maximum Gasteiger partial charge on any atom is 0.123 e. The molecular formula is C27H40O. The summed E-state index contributed by atoms with van der Waals surface area (Å²) in [5.74, 6) is 0.971. The van der Waals surface area contributed by atoms with Gasteiger partial charge in [-0.05, 0) is 36.0 Å². The third kappa shape index (κ3) is 7.34. The lowest BCUT2D eigenvalue weighted by Gasteiger charge is -2.21. The van der Waals surface area contributed by atoms with Crippen LogP contribution in [0.1, 0.15) is 102 Å². The number of benzene rings is 2. The minimum absolute atomic E-state index is 0.383. The average molecular weight is 381 g/mol. The summed E-state index contributed by atoms with van der Waals surface area (Å²) in [6, 6.07) is 16.4. The Morgan fingerprint density at radius 2 is 1.18 bits per heavy atom. The number of rotatable bonds is 14. The van der Waals surface area contributed by atoms with Gasteiger partial charge >= 0.3 is 0 Å². The highest BCUT2D eigenvalue weighted by atomic mass is 16.3. The van der Waals surface area contributed by atoms with Gasteiger partial charge in [-0.2, -0.15) is 0 Å². The highest BCUT2D eigenvalue weighted by molar-refractivity contribution is 5.73. The summed E-state index contributed by atoms with van der Waals surface area (Å²) in [6.45, 7) is 4.57. The van der Waals surface area contributed by atoms with E-state index in [0.29, 0.717) is 11.7 Å². The highest BCUT2D eigenvalue weighted by Crippen LogP contribution is 2.38. The molecule has 0 aliphatic rings. The molecule has 1 N–H and O–H groups in total. The second-order valence-electron chi connectivity index (χ2n) is 8.21. The van der Waals surface area contributed by atoms with E-state index in [9.17, 15) is 5.11 Å². The molecule has 1 nitrogen and oxygen atoms in total. The SMILES string of the molecule is CCCCCCCCCCCC(CCC)c1ccccc1-c1ccccc1O. The van der Waals surface area contributed by atoms with Gasteiger partial charge in [0.1, 0.15) is 5.75 Å². The zero-order chi connectivity index (χ0) is 20.0. The van der Waals surface area contributed by atoms with E-state index in [0.717, 1.165) is 5.56 Å². The van der Waals surface area contributed by atoms with Crippen LogP contribution < -0.4 is 0 Å². The Morgan fingerprint density at radius 1 is 0.607 bits per heavy atom. The van der Waals surface area contributed by atoms with Gasteiger partial charge in [0.25, 0.3) is 0 Å². The lowest BCUT2D eigenvalue weighted by atomic mass is 9.84. The molecule has 2 aromatic carbocycles. The predicted molar refractivity (Wildman–Crippen MR) is 123 cm³/mol. The first-order chi connectivity index (χ1) is 13.8. The van der Waals surface area contributed by atoms with Crippen molar-refractivity contribution >= 4 is 0 Å². The van der Waals surface area contributed by atoms with Crippen LogP contribution in [-0.2, 0) is 0 Å². The van der Waals surface area contributed by atoms with Crippen LogP contribution in [0.3, 0.4) is 0 Å². The summed E-state index contributed by atoms with van der Waals surface area (Å²) in [5, 5.41) is 10.4. The first-order valence-corrected chi connectivity index (χ1v) is 11.6. The van der Waals surface area contributed by atoms with Crippen molar-refractivity contribution in [2.24, 2.45) is 0 Å². The van der Waals surface area contributed by atoms with Crippen molar-refractivity contribution in [3.8, 4) is 16.9 Å². The van der Waals surface area contributed by atoms with Crippen molar-refractivity contribution in [2.45, 2.75) is 96.8 Å². The van der Waals surface area contributed by atoms with Crippen LogP contribution in [0.2, 0.25) is 0 Å². The Bertz CT molecular complexity index is 661. The van der Waals surface area contributed by atoms with Gasteiger partial charge in [-0.3, -0.25) is 0 Å². The topological polar surface area (TPSA) is 20.2 Å². The van der Waals surface area contributed by atoms with E-state index in [2.05, 4.69) is 38.1 Å². The largest absolute Gasteiger partial charge is 0.507 e. The zero-order valence-electron chi connectivity index (χ0n) is 18.1. The van der Waals surface area contributed by atoms with Crippen molar-refractivity contribution in [2.75, 3.05) is 0 Å². The summed E-state index contributed by atoms with van der Waals surface area (Å²) in [7, 11) is 0. The Labute approximate surface area is 173 Å². The molecule has 1 heteroatoms. The maximum atomic E-state index is 10.4. The second-order valence-corrected chi connectivity index (χ2v) is 8.21. The number of hydrogen-bond donors (Lipinski definition) is 1. The lowest BCUT2D eigenvalue weighted by molar-refractivity contribution is 0.477. The molecule has 154 valence electrons. The van der Waals surface area contributed by atoms with Gasteiger partial charge in [0, 0.05) is 5.56 Å². The van der Waals surface area contributed by atoms with E-state index in [1.807, 2.05) is 18.2 Å². The van der Waals surface area contributed by atoms with Crippen LogP contribution in [0, 0.1) is 0 Å². The fraction of sp³-hybridized carbons (Fsp3) is 0.556. The molecule has 2 aromatic rings. The van der Waals surface area contributed by atoms with Crippen molar-refractivity contribution < 1.29 is 5.11 Å². The molecule has 0 aromatic heterocycles. The standard InChI is InChI=1S/C27H40O/c1-3-5-6-7-8-9-10-11-12-18-23(17-4-2)24-19-13-14-20-25(24)26-21-15-16-22-27(26)28/h13-16,19-23,28H,3-12,17-18H2,1-2H3. The summed E-state index contributed by atoms with van der Waals surface area (Å²) >= 11 is 0. The Balaban J connectivity index is 1.91. The summed E-state index contributed by atoms with van der Waals surface area (Å²) in [4.78, 5) is 0. The minimum atomic E-state index is 0.383. The Hall–Kier alpha value is -1.76. The zero-order valence-corrected chi connectivity index (χ0v) is 18.1.